The molecule has 1 heterocycles. The Hall–Kier alpha value is -2.17. The highest BCUT2D eigenvalue weighted by atomic mass is 16.5. The molecule has 1 N–H and O–H groups in total. The van der Waals surface area contributed by atoms with E-state index in [1.165, 1.54) is 5.56 Å². The van der Waals surface area contributed by atoms with Crippen LogP contribution in [0.2, 0.25) is 0 Å². The van der Waals surface area contributed by atoms with Gasteiger partial charge in [-0.05, 0) is 22.8 Å². The fraction of sp³-hybridized carbons (Fsp3) is 0.278. The number of nitrogens with zero attached hydrogens (tertiary/aromatic N) is 1. The van der Waals surface area contributed by atoms with E-state index in [9.17, 15) is 9.90 Å². The summed E-state index contributed by atoms with van der Waals surface area (Å²) < 4.78 is 5.35. The van der Waals surface area contributed by atoms with Crippen molar-refractivity contribution in [2.24, 2.45) is 0 Å². The van der Waals surface area contributed by atoms with Crippen LogP contribution in [0.25, 0.3) is 11.1 Å². The topological polar surface area (TPSA) is 49.8 Å². The minimum Gasteiger partial charge on any atom is -0.478 e. The summed E-state index contributed by atoms with van der Waals surface area (Å²) in [4.78, 5) is 13.7. The van der Waals surface area contributed by atoms with E-state index in [1.54, 1.807) is 12.1 Å². The lowest BCUT2D eigenvalue weighted by Gasteiger charge is -2.26. The molecular formula is C18H19NO3. The van der Waals surface area contributed by atoms with Crippen LogP contribution in [0.15, 0.2) is 48.5 Å². The minimum absolute atomic E-state index is 0.337. The molecule has 0 radical (unpaired) electrons. The third kappa shape index (κ3) is 3.35. The summed E-state index contributed by atoms with van der Waals surface area (Å²) in [5.74, 6) is -0.895. The van der Waals surface area contributed by atoms with Crippen LogP contribution in [0.4, 0.5) is 0 Å². The molecule has 0 unspecified atom stereocenters. The molecule has 22 heavy (non-hydrogen) atoms. The summed E-state index contributed by atoms with van der Waals surface area (Å²) in [7, 11) is 0. The maximum atomic E-state index is 11.3. The molecule has 0 spiro atoms. The van der Waals surface area contributed by atoms with E-state index in [0.29, 0.717) is 5.56 Å². The van der Waals surface area contributed by atoms with Crippen LogP contribution in [0.5, 0.6) is 0 Å². The monoisotopic (exact) mass is 297 g/mol. The van der Waals surface area contributed by atoms with Crippen molar-refractivity contribution in [3.8, 4) is 11.1 Å². The summed E-state index contributed by atoms with van der Waals surface area (Å²) in [5, 5.41) is 9.28. The summed E-state index contributed by atoms with van der Waals surface area (Å²) in [6, 6.07) is 15.2. The fourth-order valence-electron chi connectivity index (χ4n) is 2.73. The maximum Gasteiger partial charge on any atom is 0.336 e. The Morgan fingerprint density at radius 2 is 1.73 bits per heavy atom. The lowest BCUT2D eigenvalue weighted by atomic mass is 9.98. The Morgan fingerprint density at radius 3 is 2.41 bits per heavy atom. The van der Waals surface area contributed by atoms with Crippen LogP contribution in [0.1, 0.15) is 15.9 Å². The van der Waals surface area contributed by atoms with Crippen LogP contribution in [0, 0.1) is 0 Å². The summed E-state index contributed by atoms with van der Waals surface area (Å²) in [5.41, 5.74) is 3.26. The largest absolute Gasteiger partial charge is 0.478 e. The third-order valence-electron chi connectivity index (χ3n) is 3.93. The molecule has 2 aromatic rings. The zero-order valence-corrected chi connectivity index (χ0v) is 12.4. The molecule has 0 bridgehead atoms. The number of rotatable bonds is 4. The average Bonchev–Trinajstić information content (AvgIpc) is 2.56. The molecule has 0 atom stereocenters. The molecule has 1 fully saturated rings. The second-order valence-corrected chi connectivity index (χ2v) is 5.44. The lowest BCUT2D eigenvalue weighted by Crippen LogP contribution is -2.35. The second kappa shape index (κ2) is 6.73. The van der Waals surface area contributed by atoms with E-state index in [0.717, 1.165) is 44.0 Å². The average molecular weight is 297 g/mol. The Bertz CT molecular complexity index is 646. The molecule has 0 aromatic heterocycles. The van der Waals surface area contributed by atoms with Gasteiger partial charge >= 0.3 is 5.97 Å². The normalized spacial score (nSPS) is 15.6. The van der Waals surface area contributed by atoms with Crippen LogP contribution in [-0.2, 0) is 11.3 Å². The van der Waals surface area contributed by atoms with Gasteiger partial charge in [0, 0.05) is 19.6 Å². The first-order valence-electron chi connectivity index (χ1n) is 7.46. The van der Waals surface area contributed by atoms with E-state index in [1.807, 2.05) is 24.3 Å². The standard InChI is InChI=1S/C18H19NO3/c20-18(21)17-4-2-1-3-16(17)15-7-5-14(6-8-15)13-19-9-11-22-12-10-19/h1-8H,9-13H2,(H,20,21). The van der Waals surface area contributed by atoms with Crippen LogP contribution in [0.3, 0.4) is 0 Å². The van der Waals surface area contributed by atoms with Crippen LogP contribution < -0.4 is 0 Å². The minimum atomic E-state index is -0.895. The summed E-state index contributed by atoms with van der Waals surface area (Å²) in [6.45, 7) is 4.42. The molecule has 2 aromatic carbocycles. The number of ether oxygens (including phenoxy) is 1. The molecule has 1 saturated heterocycles. The molecule has 0 saturated carbocycles. The second-order valence-electron chi connectivity index (χ2n) is 5.44. The number of hydrogen-bond donors (Lipinski definition) is 1. The highest BCUT2D eigenvalue weighted by Gasteiger charge is 2.12. The molecule has 4 heteroatoms. The summed E-state index contributed by atoms with van der Waals surface area (Å²) >= 11 is 0. The molecule has 0 amide bonds. The fourth-order valence-corrected chi connectivity index (χ4v) is 2.73. The molecule has 4 nitrogen and oxygen atoms in total. The van der Waals surface area contributed by atoms with Gasteiger partial charge in [-0.3, -0.25) is 4.90 Å². The predicted octanol–water partition coefficient (Wildman–Crippen LogP) is 2.88. The Labute approximate surface area is 130 Å². The number of carboxylic acids is 1. The molecule has 1 aliphatic heterocycles. The first-order chi connectivity index (χ1) is 10.7. The van der Waals surface area contributed by atoms with Crippen LogP contribution >= 0.6 is 0 Å². The van der Waals surface area contributed by atoms with Gasteiger partial charge in [-0.15, -0.1) is 0 Å². The van der Waals surface area contributed by atoms with Crippen molar-refractivity contribution in [1.82, 2.24) is 4.90 Å². The van der Waals surface area contributed by atoms with Crippen molar-refractivity contribution < 1.29 is 14.6 Å². The first-order valence-corrected chi connectivity index (χ1v) is 7.46. The number of carbonyl (C=O) groups is 1. The van der Waals surface area contributed by atoms with E-state index < -0.39 is 5.97 Å². The molecule has 1 aliphatic rings. The van der Waals surface area contributed by atoms with Crippen molar-refractivity contribution in [2.45, 2.75) is 6.54 Å². The van der Waals surface area contributed by atoms with E-state index in [-0.39, 0.29) is 0 Å². The summed E-state index contributed by atoms with van der Waals surface area (Å²) in [6.07, 6.45) is 0. The van der Waals surface area contributed by atoms with Gasteiger partial charge in [0.05, 0.1) is 18.8 Å². The quantitative estimate of drug-likeness (QED) is 0.942. The van der Waals surface area contributed by atoms with E-state index in [4.69, 9.17) is 4.74 Å². The number of hydrogen-bond acceptors (Lipinski definition) is 3. The SMILES string of the molecule is O=C(O)c1ccccc1-c1ccc(CN2CCOCC2)cc1. The molecule has 114 valence electrons. The number of benzene rings is 2. The van der Waals surface area contributed by atoms with Crippen LogP contribution in [-0.4, -0.2) is 42.3 Å². The van der Waals surface area contributed by atoms with Gasteiger partial charge in [0.1, 0.15) is 0 Å². The van der Waals surface area contributed by atoms with Gasteiger partial charge in [0.2, 0.25) is 0 Å². The van der Waals surface area contributed by atoms with Crippen molar-refractivity contribution in [3.05, 3.63) is 59.7 Å². The number of carboxylic acid groups (broad SMARTS) is 1. The van der Waals surface area contributed by atoms with Crippen molar-refractivity contribution in [3.63, 3.8) is 0 Å². The van der Waals surface area contributed by atoms with Gasteiger partial charge in [-0.1, -0.05) is 42.5 Å². The van der Waals surface area contributed by atoms with Crippen molar-refractivity contribution >= 4 is 5.97 Å². The Balaban J connectivity index is 1.78. The number of aromatic carboxylic acids is 1. The van der Waals surface area contributed by atoms with Gasteiger partial charge in [-0.25, -0.2) is 4.79 Å². The maximum absolute atomic E-state index is 11.3. The zero-order valence-electron chi connectivity index (χ0n) is 12.4. The van der Waals surface area contributed by atoms with Gasteiger partial charge in [0.25, 0.3) is 0 Å². The lowest BCUT2D eigenvalue weighted by molar-refractivity contribution is 0.0342. The van der Waals surface area contributed by atoms with Gasteiger partial charge in [0.15, 0.2) is 0 Å². The molecule has 0 aliphatic carbocycles. The Kier molecular flexibility index (Phi) is 4.51. The highest BCUT2D eigenvalue weighted by molar-refractivity contribution is 5.95. The number of morpholine rings is 1. The smallest absolute Gasteiger partial charge is 0.336 e. The molecular weight excluding hydrogens is 278 g/mol. The van der Waals surface area contributed by atoms with Gasteiger partial charge in [-0.2, -0.15) is 0 Å². The third-order valence-corrected chi connectivity index (χ3v) is 3.93. The van der Waals surface area contributed by atoms with Crippen molar-refractivity contribution in [2.75, 3.05) is 26.3 Å². The van der Waals surface area contributed by atoms with Gasteiger partial charge < -0.3 is 9.84 Å². The first kappa shape index (κ1) is 14.8. The predicted molar refractivity (Wildman–Crippen MR) is 84.9 cm³/mol. The molecule has 3 rings (SSSR count). The highest BCUT2D eigenvalue weighted by Crippen LogP contribution is 2.24. The van der Waals surface area contributed by atoms with Crippen molar-refractivity contribution in [1.29, 1.82) is 0 Å². The van der Waals surface area contributed by atoms with E-state index >= 15 is 0 Å². The van der Waals surface area contributed by atoms with E-state index in [2.05, 4.69) is 17.0 Å². The Morgan fingerprint density at radius 1 is 1.05 bits per heavy atom. The zero-order chi connectivity index (χ0) is 15.4.